The van der Waals surface area contributed by atoms with Gasteiger partial charge in [-0.05, 0) is 0 Å². The lowest BCUT2D eigenvalue weighted by Gasteiger charge is -2.24. The van der Waals surface area contributed by atoms with Crippen LogP contribution < -0.4 is 15.1 Å². The van der Waals surface area contributed by atoms with Crippen molar-refractivity contribution in [2.75, 3.05) is 75.5 Å². The lowest BCUT2D eigenvalue weighted by Crippen LogP contribution is -2.34. The van der Waals surface area contributed by atoms with E-state index in [-0.39, 0.29) is 56.7 Å². The number of aliphatic hydroxyl groups excluding tert-OH is 1. The summed E-state index contributed by atoms with van der Waals surface area (Å²) in [7, 11) is 0. The van der Waals surface area contributed by atoms with Crippen molar-refractivity contribution in [2.45, 2.75) is 13.0 Å². The number of nitrogens with one attached hydrogen (secondary N) is 1. The number of cyclic esters (lactones) is 1. The van der Waals surface area contributed by atoms with Crippen LogP contribution in [0.25, 0.3) is 0 Å². The predicted molar refractivity (Wildman–Crippen MR) is 110 cm³/mol. The fourth-order valence-corrected chi connectivity index (χ4v) is 3.53. The lowest BCUT2D eigenvalue weighted by atomic mass is 10.2. The molecule has 0 bridgehead atoms. The molecular weight excluding hydrogens is 430 g/mol. The molecule has 3 rings (SSSR count). The van der Waals surface area contributed by atoms with E-state index in [1.807, 2.05) is 0 Å². The number of amides is 2. The molecule has 1 aromatic carbocycles. The number of hydroxylamine groups is 2. The first-order valence-electron chi connectivity index (χ1n) is 10.4. The van der Waals surface area contributed by atoms with Gasteiger partial charge in [0.2, 0.25) is 5.91 Å². The Bertz CT molecular complexity index is 791. The van der Waals surface area contributed by atoms with E-state index >= 15 is 0 Å². The van der Waals surface area contributed by atoms with Gasteiger partial charge >= 0.3 is 6.09 Å². The van der Waals surface area contributed by atoms with Gasteiger partial charge in [0, 0.05) is 45.2 Å². The van der Waals surface area contributed by atoms with E-state index in [2.05, 4.69) is 5.32 Å². The van der Waals surface area contributed by atoms with Crippen LogP contribution in [0, 0.1) is 11.6 Å². The summed E-state index contributed by atoms with van der Waals surface area (Å²) in [6.07, 6.45) is -1.33. The normalized spacial score (nSPS) is 19.8. The van der Waals surface area contributed by atoms with Gasteiger partial charge in [-0.3, -0.25) is 14.5 Å². The molecule has 32 heavy (non-hydrogen) atoms. The number of benzene rings is 1. The fraction of sp³-hybridized carbons (Fsp3) is 0.600. The third-order valence-electron chi connectivity index (χ3n) is 5.06. The molecule has 2 N–H and O–H groups in total. The number of carbonyl (C=O) groups is 2. The Morgan fingerprint density at radius 2 is 2.00 bits per heavy atom. The molecule has 178 valence electrons. The number of halogens is 2. The van der Waals surface area contributed by atoms with Gasteiger partial charge in [0.05, 0.1) is 45.2 Å². The average molecular weight is 458 g/mol. The second kappa shape index (κ2) is 11.4. The van der Waals surface area contributed by atoms with Crippen molar-refractivity contribution in [1.29, 1.82) is 0 Å². The summed E-state index contributed by atoms with van der Waals surface area (Å²) in [5.74, 6) is -1.85. The van der Waals surface area contributed by atoms with E-state index in [0.29, 0.717) is 26.2 Å². The van der Waals surface area contributed by atoms with Gasteiger partial charge in [0.15, 0.2) is 11.6 Å². The Labute approximate surface area is 184 Å². The Hall–Kier alpha value is -2.54. The van der Waals surface area contributed by atoms with Gasteiger partial charge in [-0.25, -0.2) is 13.6 Å². The van der Waals surface area contributed by atoms with Crippen LogP contribution in [-0.4, -0.2) is 94.0 Å². The number of nitrogens with zero attached hydrogens (tertiary/aromatic N) is 3. The lowest BCUT2D eigenvalue weighted by molar-refractivity contribution is -0.156. The summed E-state index contributed by atoms with van der Waals surface area (Å²) in [5, 5.41) is 12.9. The van der Waals surface area contributed by atoms with Gasteiger partial charge in [0.1, 0.15) is 11.8 Å². The number of anilines is 2. The van der Waals surface area contributed by atoms with Crippen molar-refractivity contribution in [3.8, 4) is 0 Å². The molecule has 0 aliphatic carbocycles. The quantitative estimate of drug-likeness (QED) is 0.516. The molecular formula is C20H28F2N4O6. The van der Waals surface area contributed by atoms with Crippen molar-refractivity contribution in [3.63, 3.8) is 0 Å². The van der Waals surface area contributed by atoms with Crippen molar-refractivity contribution in [1.82, 2.24) is 10.4 Å². The highest BCUT2D eigenvalue weighted by molar-refractivity contribution is 5.90. The van der Waals surface area contributed by atoms with Crippen molar-refractivity contribution in [2.24, 2.45) is 0 Å². The topological polar surface area (TPSA) is 104 Å². The first-order chi connectivity index (χ1) is 15.4. The highest BCUT2D eigenvalue weighted by Crippen LogP contribution is 2.31. The maximum atomic E-state index is 14.9. The first kappa shape index (κ1) is 24.1. The number of carbonyl (C=O) groups excluding carboxylic acids is 2. The SMILES string of the molecule is CC(=O)NCC1CN(c2cc(F)c(N3CCON(CCOCCO)CC3)c(F)c2)C(=O)O1. The van der Waals surface area contributed by atoms with E-state index in [4.69, 9.17) is 19.4 Å². The second-order valence-electron chi connectivity index (χ2n) is 7.40. The molecule has 2 saturated heterocycles. The van der Waals surface area contributed by atoms with Gasteiger partial charge < -0.3 is 24.8 Å². The molecule has 12 heteroatoms. The molecule has 10 nitrogen and oxygen atoms in total. The van der Waals surface area contributed by atoms with Gasteiger partial charge in [-0.15, -0.1) is 0 Å². The molecule has 0 aromatic heterocycles. The molecule has 2 amide bonds. The monoisotopic (exact) mass is 458 g/mol. The second-order valence-corrected chi connectivity index (χ2v) is 7.40. The van der Waals surface area contributed by atoms with Crippen LogP contribution >= 0.6 is 0 Å². The third-order valence-corrected chi connectivity index (χ3v) is 5.06. The van der Waals surface area contributed by atoms with Crippen LogP contribution in [0.1, 0.15) is 6.92 Å². The average Bonchev–Trinajstić information content (AvgIpc) is 2.96. The molecule has 1 aromatic rings. The van der Waals surface area contributed by atoms with Crippen LogP contribution in [0.2, 0.25) is 0 Å². The molecule has 0 spiro atoms. The molecule has 1 atom stereocenters. The summed E-state index contributed by atoms with van der Waals surface area (Å²) in [6.45, 7) is 3.81. The highest BCUT2D eigenvalue weighted by Gasteiger charge is 2.34. The van der Waals surface area contributed by atoms with Crippen LogP contribution in [0.3, 0.4) is 0 Å². The summed E-state index contributed by atoms with van der Waals surface area (Å²) in [6, 6.07) is 2.21. The van der Waals surface area contributed by atoms with Crippen LogP contribution in [0.5, 0.6) is 0 Å². The fourth-order valence-electron chi connectivity index (χ4n) is 3.53. The van der Waals surface area contributed by atoms with Gasteiger partial charge in [-0.2, -0.15) is 5.06 Å². The van der Waals surface area contributed by atoms with Crippen molar-refractivity contribution >= 4 is 23.4 Å². The van der Waals surface area contributed by atoms with Crippen molar-refractivity contribution in [3.05, 3.63) is 23.8 Å². The minimum atomic E-state index is -0.794. The van der Waals surface area contributed by atoms with Gasteiger partial charge in [0.25, 0.3) is 0 Å². The van der Waals surface area contributed by atoms with E-state index in [0.717, 1.165) is 17.0 Å². The maximum Gasteiger partial charge on any atom is 0.414 e. The molecule has 0 saturated carbocycles. The highest BCUT2D eigenvalue weighted by atomic mass is 19.1. The molecule has 0 radical (unpaired) electrons. The zero-order valence-corrected chi connectivity index (χ0v) is 17.9. The summed E-state index contributed by atoms with van der Waals surface area (Å²) >= 11 is 0. The number of hydrogen-bond acceptors (Lipinski definition) is 8. The van der Waals surface area contributed by atoms with Crippen LogP contribution in [-0.2, 0) is 19.1 Å². The van der Waals surface area contributed by atoms with Gasteiger partial charge in [-0.1, -0.05) is 0 Å². The van der Waals surface area contributed by atoms with Crippen LogP contribution in [0.4, 0.5) is 25.0 Å². The third kappa shape index (κ3) is 6.25. The minimum absolute atomic E-state index is 0.0489. The molecule has 2 aliphatic heterocycles. The Balaban J connectivity index is 1.63. The zero-order chi connectivity index (χ0) is 23.1. The maximum absolute atomic E-state index is 14.9. The molecule has 2 fully saturated rings. The molecule has 2 heterocycles. The Morgan fingerprint density at radius 1 is 1.25 bits per heavy atom. The van der Waals surface area contributed by atoms with E-state index < -0.39 is 23.8 Å². The Morgan fingerprint density at radius 3 is 2.69 bits per heavy atom. The van der Waals surface area contributed by atoms with E-state index in [9.17, 15) is 18.4 Å². The number of aliphatic hydroxyl groups is 1. The molecule has 1 unspecified atom stereocenters. The van der Waals surface area contributed by atoms with Crippen LogP contribution in [0.15, 0.2) is 12.1 Å². The zero-order valence-electron chi connectivity index (χ0n) is 17.9. The Kier molecular flexibility index (Phi) is 8.56. The molecule has 2 aliphatic rings. The summed E-state index contributed by atoms with van der Waals surface area (Å²) in [4.78, 5) is 31.5. The smallest absolute Gasteiger partial charge is 0.414 e. The largest absolute Gasteiger partial charge is 0.442 e. The summed E-state index contributed by atoms with van der Waals surface area (Å²) < 4.78 is 40.2. The number of rotatable bonds is 9. The minimum Gasteiger partial charge on any atom is -0.442 e. The summed E-state index contributed by atoms with van der Waals surface area (Å²) in [5.41, 5.74) is -0.133. The predicted octanol–water partition coefficient (Wildman–Crippen LogP) is 0.489. The van der Waals surface area contributed by atoms with E-state index in [1.54, 1.807) is 9.96 Å². The standard InChI is InChI=1S/C20H28F2N4O6/c1-14(28)23-12-16-13-26(20(29)32-16)15-10-17(21)19(18(22)11-15)24-2-3-25(31-8-4-24)5-7-30-9-6-27/h10-11,16,27H,2-9,12-13H2,1H3,(H,23,28). The van der Waals surface area contributed by atoms with E-state index in [1.165, 1.54) is 6.92 Å². The van der Waals surface area contributed by atoms with Crippen molar-refractivity contribution < 1.29 is 37.8 Å². The number of ether oxygens (including phenoxy) is 2. The number of hydrogen-bond donors (Lipinski definition) is 2. The first-order valence-corrected chi connectivity index (χ1v) is 10.4.